The molecule has 1 saturated heterocycles. The van der Waals surface area contributed by atoms with E-state index in [1.807, 2.05) is 12.1 Å². The number of carbonyl (C=O) groups excluding carboxylic acids is 1. The molecule has 2 aromatic rings. The summed E-state index contributed by atoms with van der Waals surface area (Å²) in [4.78, 5) is 18.6. The Morgan fingerprint density at radius 2 is 2.18 bits per heavy atom. The maximum Gasteiger partial charge on any atom is 0.337 e. The van der Waals surface area contributed by atoms with Gasteiger partial charge in [0, 0.05) is 41.5 Å². The van der Waals surface area contributed by atoms with Gasteiger partial charge in [-0.15, -0.1) is 0 Å². The lowest BCUT2D eigenvalue weighted by Gasteiger charge is -2.49. The smallest absolute Gasteiger partial charge is 0.337 e. The fourth-order valence-corrected chi connectivity index (χ4v) is 5.43. The van der Waals surface area contributed by atoms with Gasteiger partial charge in [0.15, 0.2) is 0 Å². The van der Waals surface area contributed by atoms with Gasteiger partial charge in [0.2, 0.25) is 0 Å². The molecule has 28 heavy (non-hydrogen) atoms. The molecule has 0 unspecified atom stereocenters. The van der Waals surface area contributed by atoms with Crippen LogP contribution < -0.4 is 4.74 Å². The third-order valence-electron chi connectivity index (χ3n) is 6.84. The summed E-state index contributed by atoms with van der Waals surface area (Å²) < 4.78 is 16.5. The molecule has 148 valence electrons. The van der Waals surface area contributed by atoms with E-state index in [0.717, 1.165) is 37.2 Å². The first-order valence-corrected chi connectivity index (χ1v) is 9.97. The summed E-state index contributed by atoms with van der Waals surface area (Å²) in [6, 6.07) is 6.43. The highest BCUT2D eigenvalue weighted by Gasteiger charge is 2.47. The molecule has 3 aliphatic rings. The molecule has 1 fully saturated rings. The number of rotatable bonds is 2. The predicted octanol–water partition coefficient (Wildman–Crippen LogP) is 3.19. The second-order valence-corrected chi connectivity index (χ2v) is 8.07. The number of hydrogen-bond donors (Lipinski definition) is 1. The van der Waals surface area contributed by atoms with Gasteiger partial charge in [-0.2, -0.15) is 0 Å². The van der Waals surface area contributed by atoms with Gasteiger partial charge < -0.3 is 19.2 Å². The maximum atomic E-state index is 12.3. The van der Waals surface area contributed by atoms with E-state index in [1.165, 1.54) is 23.8 Å². The highest BCUT2D eigenvalue weighted by molar-refractivity contribution is 5.91. The van der Waals surface area contributed by atoms with E-state index in [0.29, 0.717) is 11.5 Å². The van der Waals surface area contributed by atoms with E-state index in [4.69, 9.17) is 14.2 Å². The van der Waals surface area contributed by atoms with Gasteiger partial charge in [0.25, 0.3) is 0 Å². The number of aromatic amines is 1. The number of fused-ring (bicyclic) bond motifs is 6. The van der Waals surface area contributed by atoms with Crippen LogP contribution in [0.1, 0.15) is 30.6 Å². The van der Waals surface area contributed by atoms with E-state index in [2.05, 4.69) is 22.9 Å². The van der Waals surface area contributed by atoms with Gasteiger partial charge in [-0.05, 0) is 37.5 Å². The average Bonchev–Trinajstić information content (AvgIpc) is 3.12. The molecule has 3 aliphatic heterocycles. The van der Waals surface area contributed by atoms with Crippen LogP contribution in [-0.2, 0) is 20.7 Å². The van der Waals surface area contributed by atoms with Gasteiger partial charge in [0.05, 0.1) is 38.2 Å². The van der Waals surface area contributed by atoms with E-state index in [-0.39, 0.29) is 24.0 Å². The number of hydrogen-bond acceptors (Lipinski definition) is 5. The molecule has 4 atom stereocenters. The Morgan fingerprint density at radius 3 is 2.96 bits per heavy atom. The van der Waals surface area contributed by atoms with Crippen LogP contribution >= 0.6 is 0 Å². The molecule has 0 spiro atoms. The number of nitrogens with zero attached hydrogens (tertiary/aromatic N) is 1. The summed E-state index contributed by atoms with van der Waals surface area (Å²) in [6.45, 7) is 4.04. The highest BCUT2D eigenvalue weighted by Crippen LogP contribution is 2.48. The third-order valence-corrected chi connectivity index (χ3v) is 6.84. The van der Waals surface area contributed by atoms with Gasteiger partial charge in [-0.25, -0.2) is 4.79 Å². The fourth-order valence-electron chi connectivity index (χ4n) is 5.43. The number of ether oxygens (including phenoxy) is 3. The summed E-state index contributed by atoms with van der Waals surface area (Å²) >= 11 is 0. The minimum Gasteiger partial charge on any atom is -0.497 e. The van der Waals surface area contributed by atoms with Gasteiger partial charge in [0.1, 0.15) is 5.75 Å². The monoisotopic (exact) mass is 382 g/mol. The Bertz CT molecular complexity index is 963. The molecule has 1 aromatic carbocycles. The Kier molecular flexibility index (Phi) is 4.12. The van der Waals surface area contributed by atoms with Gasteiger partial charge in [-0.1, -0.05) is 6.07 Å². The van der Waals surface area contributed by atoms with Crippen molar-refractivity contribution in [3.8, 4) is 5.75 Å². The van der Waals surface area contributed by atoms with Crippen LogP contribution in [0.15, 0.2) is 30.0 Å². The Hall–Kier alpha value is -2.47. The summed E-state index contributed by atoms with van der Waals surface area (Å²) in [5.74, 6) is 1.10. The van der Waals surface area contributed by atoms with Crippen LogP contribution in [0.4, 0.5) is 0 Å². The number of methoxy groups -OCH3 is 2. The van der Waals surface area contributed by atoms with Crippen molar-refractivity contribution < 1.29 is 19.0 Å². The molecular formula is C22H26N2O4. The Labute approximate surface area is 164 Å². The zero-order chi connectivity index (χ0) is 19.4. The Morgan fingerprint density at radius 1 is 1.32 bits per heavy atom. The van der Waals surface area contributed by atoms with E-state index in [9.17, 15) is 4.79 Å². The Balaban J connectivity index is 1.57. The molecular weight excluding hydrogens is 356 g/mol. The minimum absolute atomic E-state index is 0.101. The molecule has 5 rings (SSSR count). The summed E-state index contributed by atoms with van der Waals surface area (Å²) in [5.41, 5.74) is 4.42. The molecule has 0 saturated carbocycles. The van der Waals surface area contributed by atoms with Crippen LogP contribution in [0.2, 0.25) is 0 Å². The lowest BCUT2D eigenvalue weighted by Crippen LogP contribution is -2.51. The van der Waals surface area contributed by atoms with Crippen LogP contribution in [0.5, 0.6) is 5.75 Å². The topological polar surface area (TPSA) is 63.8 Å². The number of nitrogens with one attached hydrogen (secondary N) is 1. The van der Waals surface area contributed by atoms with Crippen LogP contribution in [0, 0.1) is 11.8 Å². The third kappa shape index (κ3) is 2.47. The summed E-state index contributed by atoms with van der Waals surface area (Å²) in [5, 5.41) is 1.20. The zero-order valence-electron chi connectivity index (χ0n) is 16.5. The molecule has 6 heteroatoms. The van der Waals surface area contributed by atoms with E-state index < -0.39 is 0 Å². The van der Waals surface area contributed by atoms with Crippen molar-refractivity contribution in [2.24, 2.45) is 11.8 Å². The minimum atomic E-state index is -0.273. The zero-order valence-corrected chi connectivity index (χ0v) is 16.5. The molecule has 1 aromatic heterocycles. The summed E-state index contributed by atoms with van der Waals surface area (Å²) in [7, 11) is 3.17. The number of carbonyl (C=O) groups is 1. The number of H-pyrrole nitrogens is 1. The highest BCUT2D eigenvalue weighted by atomic mass is 16.5. The molecule has 6 nitrogen and oxygen atoms in total. The quantitative estimate of drug-likeness (QED) is 0.809. The van der Waals surface area contributed by atoms with Crippen molar-refractivity contribution in [2.45, 2.75) is 31.9 Å². The SMILES string of the molecule is COC(=O)C1=CO[C@@H](C)[C@H]2CN3CCc4c([nH]c5cccc(OC)c45)[C@H]3C[C@H]12. The molecule has 0 aliphatic carbocycles. The lowest BCUT2D eigenvalue weighted by molar-refractivity contribution is -0.139. The van der Waals surface area contributed by atoms with Gasteiger partial charge in [-0.3, -0.25) is 4.90 Å². The molecule has 1 N–H and O–H groups in total. The first kappa shape index (κ1) is 17.6. The standard InChI is InChI=1S/C22H26N2O4/c1-12-15-10-24-8-7-13-20-17(5-4-6-19(20)26-2)23-21(13)18(24)9-14(15)16(11-28-12)22(25)27-3/h4-6,11-12,14-15,18,23H,7-10H2,1-3H3/t12-,14-,15+,18+/m0/s1. The first-order valence-electron chi connectivity index (χ1n) is 9.97. The van der Waals surface area contributed by atoms with Crippen LogP contribution in [0.3, 0.4) is 0 Å². The second-order valence-electron chi connectivity index (χ2n) is 8.07. The van der Waals surface area contributed by atoms with Crippen molar-refractivity contribution in [3.63, 3.8) is 0 Å². The van der Waals surface area contributed by atoms with Crippen LogP contribution in [0.25, 0.3) is 10.9 Å². The molecule has 0 radical (unpaired) electrons. The largest absolute Gasteiger partial charge is 0.497 e. The van der Waals surface area contributed by atoms with E-state index in [1.54, 1.807) is 13.4 Å². The van der Waals surface area contributed by atoms with Crippen molar-refractivity contribution in [1.82, 2.24) is 9.88 Å². The average molecular weight is 382 g/mol. The number of aromatic nitrogens is 1. The lowest BCUT2D eigenvalue weighted by atomic mass is 9.72. The molecule has 0 amide bonds. The first-order chi connectivity index (χ1) is 13.6. The second kappa shape index (κ2) is 6.55. The van der Waals surface area contributed by atoms with E-state index >= 15 is 0 Å². The fraction of sp³-hybridized carbons (Fsp3) is 0.500. The molecule has 0 bridgehead atoms. The van der Waals surface area contributed by atoms with Crippen molar-refractivity contribution in [3.05, 3.63) is 41.3 Å². The van der Waals surface area contributed by atoms with Crippen molar-refractivity contribution in [1.29, 1.82) is 0 Å². The van der Waals surface area contributed by atoms with Crippen molar-refractivity contribution in [2.75, 3.05) is 27.3 Å². The number of esters is 1. The number of benzene rings is 1. The maximum absolute atomic E-state index is 12.3. The van der Waals surface area contributed by atoms with Crippen molar-refractivity contribution >= 4 is 16.9 Å². The number of piperidine rings is 1. The predicted molar refractivity (Wildman–Crippen MR) is 105 cm³/mol. The molecule has 4 heterocycles. The summed E-state index contributed by atoms with van der Waals surface area (Å²) in [6.07, 6.45) is 3.62. The normalized spacial score (nSPS) is 29.2. The van der Waals surface area contributed by atoms with Gasteiger partial charge >= 0.3 is 5.97 Å². The van der Waals surface area contributed by atoms with Crippen LogP contribution in [-0.4, -0.2) is 49.3 Å².